The summed E-state index contributed by atoms with van der Waals surface area (Å²) in [5, 5.41) is 19.6. The molecule has 2 aromatic carbocycles. The minimum atomic E-state index is -0.483. The first-order chi connectivity index (χ1) is 9.51. The molecule has 0 aromatic heterocycles. The highest BCUT2D eigenvalue weighted by atomic mass is 79.9. The monoisotopic (exact) mass is 332 g/mol. The Morgan fingerprint density at radius 1 is 1.30 bits per heavy atom. The molecule has 0 atom stereocenters. The van der Waals surface area contributed by atoms with Gasteiger partial charge in [0.15, 0.2) is 0 Å². The highest BCUT2D eigenvalue weighted by molar-refractivity contribution is 9.10. The predicted molar refractivity (Wildman–Crippen MR) is 76.8 cm³/mol. The molecule has 20 heavy (non-hydrogen) atoms. The average Bonchev–Trinajstić information content (AvgIpc) is 2.41. The highest BCUT2D eigenvalue weighted by Crippen LogP contribution is 2.33. The molecule has 0 aliphatic carbocycles. The van der Waals surface area contributed by atoms with Crippen LogP contribution in [0.4, 0.5) is 5.69 Å². The number of nitriles is 1. The quantitative estimate of drug-likeness (QED) is 0.619. The summed E-state index contributed by atoms with van der Waals surface area (Å²) in [4.78, 5) is 10.3. The van der Waals surface area contributed by atoms with E-state index in [-0.39, 0.29) is 5.69 Å². The summed E-state index contributed by atoms with van der Waals surface area (Å²) in [6.45, 7) is 1.80. The zero-order valence-corrected chi connectivity index (χ0v) is 12.0. The second kappa shape index (κ2) is 5.72. The van der Waals surface area contributed by atoms with Crippen molar-refractivity contribution in [3.05, 3.63) is 62.1 Å². The van der Waals surface area contributed by atoms with Gasteiger partial charge in [0.1, 0.15) is 11.5 Å². The normalized spacial score (nSPS) is 9.85. The van der Waals surface area contributed by atoms with Gasteiger partial charge in [-0.2, -0.15) is 5.26 Å². The molecule has 0 unspecified atom stereocenters. The maximum atomic E-state index is 10.8. The number of nitro benzene ring substituents is 1. The Hall–Kier alpha value is -2.39. The molecule has 0 spiro atoms. The van der Waals surface area contributed by atoms with Gasteiger partial charge >= 0.3 is 0 Å². The summed E-state index contributed by atoms with van der Waals surface area (Å²) in [5.41, 5.74) is 1.30. The van der Waals surface area contributed by atoms with Gasteiger partial charge in [-0.3, -0.25) is 10.1 Å². The lowest BCUT2D eigenvalue weighted by atomic mass is 10.1. The van der Waals surface area contributed by atoms with Gasteiger partial charge in [-0.05, 0) is 52.7 Å². The molecular weight excluding hydrogens is 324 g/mol. The highest BCUT2D eigenvalue weighted by Gasteiger charge is 2.11. The van der Waals surface area contributed by atoms with Crippen LogP contribution in [0.5, 0.6) is 11.5 Å². The molecule has 2 rings (SSSR count). The number of ether oxygens (including phenoxy) is 1. The summed E-state index contributed by atoms with van der Waals surface area (Å²) in [6.07, 6.45) is 0. The molecule has 0 amide bonds. The Morgan fingerprint density at radius 2 is 2.05 bits per heavy atom. The van der Waals surface area contributed by atoms with E-state index in [0.29, 0.717) is 21.5 Å². The van der Waals surface area contributed by atoms with Crippen LogP contribution < -0.4 is 4.74 Å². The Morgan fingerprint density at radius 3 is 2.65 bits per heavy atom. The molecule has 100 valence electrons. The van der Waals surface area contributed by atoms with Crippen LogP contribution in [0, 0.1) is 28.4 Å². The van der Waals surface area contributed by atoms with Crippen LogP contribution in [0.3, 0.4) is 0 Å². The van der Waals surface area contributed by atoms with Crippen molar-refractivity contribution >= 4 is 21.6 Å². The third-order valence-electron chi connectivity index (χ3n) is 2.67. The average molecular weight is 333 g/mol. The van der Waals surface area contributed by atoms with Crippen molar-refractivity contribution in [1.29, 1.82) is 5.26 Å². The Bertz CT molecular complexity index is 723. The molecule has 0 saturated heterocycles. The Kier molecular flexibility index (Phi) is 4.01. The van der Waals surface area contributed by atoms with Crippen molar-refractivity contribution in [3.63, 3.8) is 0 Å². The lowest BCUT2D eigenvalue weighted by molar-refractivity contribution is -0.384. The fraction of sp³-hybridized carbons (Fsp3) is 0.0714. The summed E-state index contributed by atoms with van der Waals surface area (Å²) in [7, 11) is 0. The van der Waals surface area contributed by atoms with Crippen molar-refractivity contribution in [2.75, 3.05) is 0 Å². The predicted octanol–water partition coefficient (Wildman–Crippen LogP) is 4.33. The number of benzene rings is 2. The van der Waals surface area contributed by atoms with E-state index >= 15 is 0 Å². The zero-order valence-electron chi connectivity index (χ0n) is 10.5. The maximum Gasteiger partial charge on any atom is 0.273 e. The molecule has 0 fully saturated rings. The van der Waals surface area contributed by atoms with Crippen LogP contribution in [-0.4, -0.2) is 4.92 Å². The second-order valence-electron chi connectivity index (χ2n) is 4.06. The number of nitro groups is 1. The molecule has 5 nitrogen and oxygen atoms in total. The number of non-ortho nitro benzene ring substituents is 1. The van der Waals surface area contributed by atoms with Crippen LogP contribution in [0.1, 0.15) is 11.1 Å². The second-order valence-corrected chi connectivity index (χ2v) is 4.92. The van der Waals surface area contributed by atoms with E-state index in [4.69, 9.17) is 10.00 Å². The summed E-state index contributed by atoms with van der Waals surface area (Å²) < 4.78 is 6.24. The van der Waals surface area contributed by atoms with E-state index in [9.17, 15) is 10.1 Å². The maximum absolute atomic E-state index is 10.8. The number of hydrogen-bond acceptors (Lipinski definition) is 4. The molecule has 2 aromatic rings. The van der Waals surface area contributed by atoms with E-state index < -0.39 is 4.92 Å². The molecule has 0 radical (unpaired) electrons. The Balaban J connectivity index is 2.35. The van der Waals surface area contributed by atoms with Crippen LogP contribution >= 0.6 is 15.9 Å². The van der Waals surface area contributed by atoms with Gasteiger partial charge in [-0.1, -0.05) is 0 Å². The third-order valence-corrected chi connectivity index (χ3v) is 3.33. The van der Waals surface area contributed by atoms with Crippen molar-refractivity contribution in [2.24, 2.45) is 0 Å². The number of aryl methyl sites for hydroxylation is 1. The fourth-order valence-corrected chi connectivity index (χ4v) is 1.96. The van der Waals surface area contributed by atoms with Crippen LogP contribution in [0.25, 0.3) is 0 Å². The largest absolute Gasteiger partial charge is 0.456 e. The standard InChI is InChI=1S/C14H9BrN2O3/c1-9-6-12(4-2-10(9)8-16)20-14-7-11(17(18)19)3-5-13(14)15/h2-7H,1H3. The Labute approximate surface area is 123 Å². The van der Waals surface area contributed by atoms with Gasteiger partial charge in [0.25, 0.3) is 5.69 Å². The molecule has 0 aliphatic heterocycles. The van der Waals surface area contributed by atoms with E-state index in [0.717, 1.165) is 5.56 Å². The molecule has 0 N–H and O–H groups in total. The molecule has 0 aliphatic rings. The van der Waals surface area contributed by atoms with Gasteiger partial charge in [-0.15, -0.1) is 0 Å². The number of hydrogen-bond donors (Lipinski definition) is 0. The number of nitrogens with zero attached hydrogens (tertiary/aromatic N) is 2. The molecule has 0 bridgehead atoms. The third kappa shape index (κ3) is 2.95. The van der Waals surface area contributed by atoms with Gasteiger partial charge < -0.3 is 4.74 Å². The first-order valence-corrected chi connectivity index (χ1v) is 6.43. The lowest BCUT2D eigenvalue weighted by Crippen LogP contribution is -1.91. The first-order valence-electron chi connectivity index (χ1n) is 5.64. The van der Waals surface area contributed by atoms with Gasteiger partial charge in [0.05, 0.1) is 27.1 Å². The van der Waals surface area contributed by atoms with E-state index in [2.05, 4.69) is 22.0 Å². The van der Waals surface area contributed by atoms with E-state index in [1.54, 1.807) is 31.2 Å². The van der Waals surface area contributed by atoms with Crippen LogP contribution in [0.15, 0.2) is 40.9 Å². The van der Waals surface area contributed by atoms with E-state index in [1.807, 2.05) is 0 Å². The smallest absolute Gasteiger partial charge is 0.273 e. The van der Waals surface area contributed by atoms with Crippen molar-refractivity contribution in [1.82, 2.24) is 0 Å². The van der Waals surface area contributed by atoms with Crippen molar-refractivity contribution in [3.8, 4) is 17.6 Å². The first kappa shape index (κ1) is 14.0. The van der Waals surface area contributed by atoms with Crippen molar-refractivity contribution < 1.29 is 9.66 Å². The molecule has 6 heteroatoms. The summed E-state index contributed by atoms with van der Waals surface area (Å²) in [5.74, 6) is 0.867. The van der Waals surface area contributed by atoms with Crippen LogP contribution in [-0.2, 0) is 0 Å². The summed E-state index contributed by atoms with van der Waals surface area (Å²) >= 11 is 3.28. The van der Waals surface area contributed by atoms with Gasteiger partial charge in [-0.25, -0.2) is 0 Å². The van der Waals surface area contributed by atoms with Crippen molar-refractivity contribution in [2.45, 2.75) is 6.92 Å². The minimum Gasteiger partial charge on any atom is -0.456 e. The fourth-order valence-electron chi connectivity index (χ4n) is 1.64. The number of halogens is 1. The SMILES string of the molecule is Cc1cc(Oc2cc([N+](=O)[O-])ccc2Br)ccc1C#N. The number of rotatable bonds is 3. The topological polar surface area (TPSA) is 76.2 Å². The zero-order chi connectivity index (χ0) is 14.7. The van der Waals surface area contributed by atoms with Gasteiger partial charge in [0, 0.05) is 6.07 Å². The molecule has 0 heterocycles. The molecule has 0 saturated carbocycles. The minimum absolute atomic E-state index is 0.0476. The molecular formula is C14H9BrN2O3. The summed E-state index contributed by atoms with van der Waals surface area (Å²) in [6, 6.07) is 11.4. The van der Waals surface area contributed by atoms with E-state index in [1.165, 1.54) is 12.1 Å². The van der Waals surface area contributed by atoms with Crippen LogP contribution in [0.2, 0.25) is 0 Å². The van der Waals surface area contributed by atoms with Gasteiger partial charge in [0.2, 0.25) is 0 Å². The lowest BCUT2D eigenvalue weighted by Gasteiger charge is -2.08.